The molecule has 0 spiro atoms. The van der Waals surface area contributed by atoms with Gasteiger partial charge in [-0.25, -0.2) is 0 Å². The maximum absolute atomic E-state index is 11.9. The van der Waals surface area contributed by atoms with Crippen LogP contribution in [0.2, 0.25) is 0 Å². The molecule has 0 radical (unpaired) electrons. The molecule has 0 aliphatic rings. The molecule has 0 amide bonds. The first-order valence-corrected chi connectivity index (χ1v) is 5.62. The summed E-state index contributed by atoms with van der Waals surface area (Å²) >= 11 is 0. The van der Waals surface area contributed by atoms with Crippen molar-refractivity contribution in [3.63, 3.8) is 0 Å². The Labute approximate surface area is 108 Å². The van der Waals surface area contributed by atoms with Crippen LogP contribution in [0.5, 0.6) is 0 Å². The monoisotopic (exact) mass is 252 g/mol. The Bertz CT molecular complexity index is 326. The van der Waals surface area contributed by atoms with Crippen molar-refractivity contribution in [3.8, 4) is 0 Å². The smallest absolute Gasteiger partial charge is 0.323 e. The van der Waals surface area contributed by atoms with Crippen LogP contribution in [0.15, 0.2) is 37.5 Å². The molecule has 4 heteroatoms. The molecular formula is C14H20O4. The van der Waals surface area contributed by atoms with Crippen LogP contribution in [-0.4, -0.2) is 26.2 Å². The minimum Gasteiger partial charge on any atom is -0.468 e. The van der Waals surface area contributed by atoms with Gasteiger partial charge in [0.05, 0.1) is 14.2 Å². The van der Waals surface area contributed by atoms with E-state index in [0.717, 1.165) is 0 Å². The number of rotatable bonds is 8. The zero-order valence-corrected chi connectivity index (χ0v) is 11.0. The lowest BCUT2D eigenvalue weighted by Gasteiger charge is -2.25. The number of ether oxygens (including phenoxy) is 2. The fraction of sp³-hybridized carbons (Fsp3) is 0.429. The highest BCUT2D eigenvalue weighted by molar-refractivity contribution is 6.00. The van der Waals surface area contributed by atoms with E-state index >= 15 is 0 Å². The van der Waals surface area contributed by atoms with Crippen molar-refractivity contribution in [3.05, 3.63) is 37.5 Å². The Morgan fingerprint density at radius 2 is 1.56 bits per heavy atom. The molecule has 0 heterocycles. The van der Waals surface area contributed by atoms with Gasteiger partial charge >= 0.3 is 11.9 Å². The molecule has 0 bridgehead atoms. The van der Waals surface area contributed by atoms with Crippen LogP contribution < -0.4 is 0 Å². The second-order valence-electron chi connectivity index (χ2n) is 3.76. The van der Waals surface area contributed by atoms with Gasteiger partial charge in [-0.3, -0.25) is 9.59 Å². The van der Waals surface area contributed by atoms with Crippen LogP contribution in [-0.2, 0) is 19.1 Å². The van der Waals surface area contributed by atoms with Crippen LogP contribution in [0.25, 0.3) is 0 Å². The van der Waals surface area contributed by atoms with E-state index in [1.54, 1.807) is 12.2 Å². The molecule has 0 aromatic carbocycles. The van der Waals surface area contributed by atoms with Crippen LogP contribution in [0.4, 0.5) is 0 Å². The van der Waals surface area contributed by atoms with Crippen LogP contribution in [0.3, 0.4) is 0 Å². The number of allylic oxidation sites excluding steroid dienone is 4. The van der Waals surface area contributed by atoms with E-state index in [1.807, 2.05) is 6.08 Å². The van der Waals surface area contributed by atoms with Gasteiger partial charge in [-0.2, -0.15) is 0 Å². The number of carbonyl (C=O) groups is 2. The molecule has 0 atom stereocenters. The van der Waals surface area contributed by atoms with E-state index in [2.05, 4.69) is 13.2 Å². The third-order valence-corrected chi connectivity index (χ3v) is 2.58. The number of carbonyl (C=O) groups excluding carboxylic acids is 2. The normalized spacial score (nSPS) is 11.0. The first-order chi connectivity index (χ1) is 8.58. The molecule has 100 valence electrons. The number of hydrogen-bond donors (Lipinski definition) is 0. The number of methoxy groups -OCH3 is 2. The highest BCUT2D eigenvalue weighted by Crippen LogP contribution is 2.31. The van der Waals surface area contributed by atoms with E-state index in [1.165, 1.54) is 20.3 Å². The molecule has 4 nitrogen and oxygen atoms in total. The zero-order chi connectivity index (χ0) is 14.0. The Kier molecular flexibility index (Phi) is 7.43. The average molecular weight is 252 g/mol. The molecule has 18 heavy (non-hydrogen) atoms. The highest BCUT2D eigenvalue weighted by Gasteiger charge is 2.46. The van der Waals surface area contributed by atoms with Gasteiger partial charge < -0.3 is 9.47 Å². The third kappa shape index (κ3) is 3.87. The van der Waals surface area contributed by atoms with Gasteiger partial charge in [0.2, 0.25) is 0 Å². The van der Waals surface area contributed by atoms with Gasteiger partial charge in [0.25, 0.3) is 0 Å². The van der Waals surface area contributed by atoms with Crippen LogP contribution in [0, 0.1) is 5.41 Å². The topological polar surface area (TPSA) is 52.6 Å². The van der Waals surface area contributed by atoms with Gasteiger partial charge in [0.15, 0.2) is 5.41 Å². The summed E-state index contributed by atoms with van der Waals surface area (Å²) in [6.45, 7) is 7.15. The van der Waals surface area contributed by atoms with Crippen molar-refractivity contribution in [1.29, 1.82) is 0 Å². The lowest BCUT2D eigenvalue weighted by molar-refractivity contribution is -0.168. The van der Waals surface area contributed by atoms with Gasteiger partial charge in [0.1, 0.15) is 0 Å². The maximum atomic E-state index is 11.9. The molecule has 0 aromatic rings. The summed E-state index contributed by atoms with van der Waals surface area (Å²) in [7, 11) is 2.49. The molecule has 0 saturated heterocycles. The Hall–Kier alpha value is -1.84. The zero-order valence-electron chi connectivity index (χ0n) is 11.0. The Balaban J connectivity index is 5.18. The minimum absolute atomic E-state index is 0.171. The summed E-state index contributed by atoms with van der Waals surface area (Å²) in [4.78, 5) is 23.7. The van der Waals surface area contributed by atoms with E-state index in [4.69, 9.17) is 9.47 Å². The Morgan fingerprint density at radius 1 is 1.00 bits per heavy atom. The minimum atomic E-state index is -1.34. The molecule has 0 saturated carbocycles. The van der Waals surface area contributed by atoms with Crippen molar-refractivity contribution >= 4 is 11.9 Å². The van der Waals surface area contributed by atoms with E-state index in [9.17, 15) is 9.59 Å². The lowest BCUT2D eigenvalue weighted by Crippen LogP contribution is -2.40. The second kappa shape index (κ2) is 8.28. The fourth-order valence-corrected chi connectivity index (χ4v) is 1.61. The predicted molar refractivity (Wildman–Crippen MR) is 69.9 cm³/mol. The lowest BCUT2D eigenvalue weighted by atomic mass is 9.81. The molecule has 0 aliphatic carbocycles. The van der Waals surface area contributed by atoms with E-state index in [-0.39, 0.29) is 12.8 Å². The molecular weight excluding hydrogens is 232 g/mol. The largest absolute Gasteiger partial charge is 0.468 e. The van der Waals surface area contributed by atoms with Gasteiger partial charge in [0, 0.05) is 0 Å². The number of hydrogen-bond acceptors (Lipinski definition) is 4. The fourth-order valence-electron chi connectivity index (χ4n) is 1.61. The van der Waals surface area contributed by atoms with Crippen molar-refractivity contribution in [2.75, 3.05) is 14.2 Å². The van der Waals surface area contributed by atoms with Crippen LogP contribution >= 0.6 is 0 Å². The van der Waals surface area contributed by atoms with Crippen LogP contribution in [0.1, 0.15) is 19.3 Å². The average Bonchev–Trinajstić information content (AvgIpc) is 2.40. The second-order valence-corrected chi connectivity index (χ2v) is 3.76. The van der Waals surface area contributed by atoms with Gasteiger partial charge in [-0.05, 0) is 19.3 Å². The van der Waals surface area contributed by atoms with Crippen molar-refractivity contribution < 1.29 is 19.1 Å². The summed E-state index contributed by atoms with van der Waals surface area (Å²) < 4.78 is 9.41. The summed E-state index contributed by atoms with van der Waals surface area (Å²) in [5, 5.41) is 0. The highest BCUT2D eigenvalue weighted by atomic mass is 16.5. The summed E-state index contributed by atoms with van der Waals surface area (Å²) in [5.41, 5.74) is -1.34. The molecule has 0 aromatic heterocycles. The third-order valence-electron chi connectivity index (χ3n) is 2.58. The molecule has 0 fully saturated rings. The SMILES string of the molecule is C=CC/C=C/CC(CC=C)(C(=O)OC)C(=O)OC. The van der Waals surface area contributed by atoms with Crippen molar-refractivity contribution in [2.45, 2.75) is 19.3 Å². The van der Waals surface area contributed by atoms with Crippen molar-refractivity contribution in [1.82, 2.24) is 0 Å². The standard InChI is InChI=1S/C14H20O4/c1-5-7-8-9-11-14(10-6-2,12(15)17-3)13(16)18-4/h5-6,8-9H,1-2,7,10-11H2,3-4H3/b9-8+. The number of esters is 2. The molecule has 0 rings (SSSR count). The van der Waals surface area contributed by atoms with Crippen molar-refractivity contribution in [2.24, 2.45) is 5.41 Å². The van der Waals surface area contributed by atoms with E-state index in [0.29, 0.717) is 6.42 Å². The van der Waals surface area contributed by atoms with Gasteiger partial charge in [-0.15, -0.1) is 13.2 Å². The predicted octanol–water partition coefficient (Wildman–Crippen LogP) is 2.42. The maximum Gasteiger partial charge on any atom is 0.323 e. The molecule has 0 N–H and O–H groups in total. The van der Waals surface area contributed by atoms with Gasteiger partial charge in [-0.1, -0.05) is 24.3 Å². The Morgan fingerprint density at radius 3 is 1.94 bits per heavy atom. The summed E-state index contributed by atoms with van der Waals surface area (Å²) in [6, 6.07) is 0. The summed E-state index contributed by atoms with van der Waals surface area (Å²) in [5.74, 6) is -1.23. The molecule has 0 unspecified atom stereocenters. The summed E-state index contributed by atoms with van der Waals surface area (Å²) in [6.07, 6.45) is 7.87. The molecule has 0 aliphatic heterocycles. The first-order valence-electron chi connectivity index (χ1n) is 5.62. The van der Waals surface area contributed by atoms with E-state index < -0.39 is 17.4 Å². The first kappa shape index (κ1) is 16.2. The quantitative estimate of drug-likeness (QED) is 0.378.